The summed E-state index contributed by atoms with van der Waals surface area (Å²) in [5, 5.41) is 15.1. The first-order chi connectivity index (χ1) is 14.8. The van der Waals surface area contributed by atoms with Crippen molar-refractivity contribution in [3.63, 3.8) is 0 Å². The Morgan fingerprint density at radius 2 is 1.87 bits per heavy atom. The molecule has 0 atom stereocenters. The van der Waals surface area contributed by atoms with Crippen LogP contribution in [0.1, 0.15) is 27.8 Å². The highest BCUT2D eigenvalue weighted by Crippen LogP contribution is 2.31. The summed E-state index contributed by atoms with van der Waals surface area (Å²) in [6, 6.07) is 22.5. The van der Waals surface area contributed by atoms with Crippen molar-refractivity contribution in [2.45, 2.75) is 19.3 Å². The van der Waals surface area contributed by atoms with Crippen LogP contribution >= 0.6 is 0 Å². The second-order valence-corrected chi connectivity index (χ2v) is 7.67. The fraction of sp³-hybridized carbons (Fsp3) is 0.148. The largest absolute Gasteiger partial charge is 0.507 e. The van der Waals surface area contributed by atoms with Crippen LogP contribution in [0.15, 0.2) is 72.9 Å². The van der Waals surface area contributed by atoms with Crippen molar-refractivity contribution in [3.8, 4) is 17.6 Å². The average Bonchev–Trinajstić information content (AvgIpc) is 3.25. The lowest BCUT2D eigenvalue weighted by Crippen LogP contribution is -1.94. The number of rotatable bonds is 3. The zero-order chi connectivity index (χ0) is 20.3. The molecule has 30 heavy (non-hydrogen) atoms. The van der Waals surface area contributed by atoms with Gasteiger partial charge in [0.2, 0.25) is 0 Å². The lowest BCUT2D eigenvalue weighted by molar-refractivity contribution is 0.475. The van der Waals surface area contributed by atoms with E-state index in [1.54, 1.807) is 6.20 Å². The highest BCUT2D eigenvalue weighted by atomic mass is 16.3. The summed E-state index contributed by atoms with van der Waals surface area (Å²) >= 11 is 0. The normalized spacial score (nSPS) is 12.1. The lowest BCUT2D eigenvalue weighted by Gasteiger charge is -2.09. The zero-order valence-corrected chi connectivity index (χ0v) is 16.7. The molecule has 0 amide bonds. The zero-order valence-electron chi connectivity index (χ0n) is 16.7. The van der Waals surface area contributed by atoms with Crippen LogP contribution in [-0.4, -0.2) is 16.6 Å². The van der Waals surface area contributed by atoms with E-state index < -0.39 is 0 Å². The number of hydrogen-bond acceptors (Lipinski definition) is 3. The smallest absolute Gasteiger partial charge is 0.130 e. The molecule has 1 aliphatic rings. The van der Waals surface area contributed by atoms with Crippen molar-refractivity contribution in [2.24, 2.45) is 0 Å². The monoisotopic (exact) mass is 390 g/mol. The summed E-state index contributed by atoms with van der Waals surface area (Å²) in [5.74, 6) is 6.73. The van der Waals surface area contributed by atoms with Crippen LogP contribution in [0.25, 0.3) is 10.9 Å². The molecular formula is C27H22N2O. The Bertz CT molecular complexity index is 1280. The highest BCUT2D eigenvalue weighted by Gasteiger charge is 2.13. The summed E-state index contributed by atoms with van der Waals surface area (Å²) in [7, 11) is 0. The predicted octanol–water partition coefficient (Wildman–Crippen LogP) is 5.09. The molecule has 3 nitrogen and oxygen atoms in total. The van der Waals surface area contributed by atoms with Gasteiger partial charge in [-0.25, -0.2) is 0 Å². The molecule has 3 heteroatoms. The van der Waals surface area contributed by atoms with Crippen molar-refractivity contribution >= 4 is 16.6 Å². The van der Waals surface area contributed by atoms with E-state index in [0.29, 0.717) is 18.6 Å². The van der Waals surface area contributed by atoms with Gasteiger partial charge in [-0.1, -0.05) is 54.3 Å². The summed E-state index contributed by atoms with van der Waals surface area (Å²) in [6.07, 6.45) is 4.20. The fourth-order valence-electron chi connectivity index (χ4n) is 3.96. The maximum absolute atomic E-state index is 10.9. The van der Waals surface area contributed by atoms with Crippen molar-refractivity contribution in [1.29, 1.82) is 0 Å². The number of nitrogens with zero attached hydrogens (tertiary/aromatic N) is 1. The minimum Gasteiger partial charge on any atom is -0.507 e. The molecule has 1 aliphatic heterocycles. The maximum Gasteiger partial charge on any atom is 0.130 e. The first-order valence-corrected chi connectivity index (χ1v) is 10.3. The summed E-state index contributed by atoms with van der Waals surface area (Å²) in [4.78, 5) is 4.56. The van der Waals surface area contributed by atoms with Crippen LogP contribution in [0.4, 0.5) is 5.69 Å². The molecule has 2 heterocycles. The number of aromatic hydroxyl groups is 1. The molecule has 0 saturated heterocycles. The van der Waals surface area contributed by atoms with E-state index in [2.05, 4.69) is 52.5 Å². The van der Waals surface area contributed by atoms with Gasteiger partial charge in [-0.3, -0.25) is 4.98 Å². The summed E-state index contributed by atoms with van der Waals surface area (Å²) in [5.41, 5.74) is 7.45. The molecule has 0 spiro atoms. The number of benzene rings is 3. The molecule has 0 aliphatic carbocycles. The molecule has 1 aromatic heterocycles. The Balaban J connectivity index is 1.42. The number of nitrogens with one attached hydrogen (secondary N) is 1. The van der Waals surface area contributed by atoms with Crippen molar-refractivity contribution in [1.82, 2.24) is 4.98 Å². The Hall–Kier alpha value is -3.77. The number of pyridine rings is 1. The second-order valence-electron chi connectivity index (χ2n) is 7.67. The third-order valence-electron chi connectivity index (χ3n) is 5.56. The SMILES string of the molecule is Oc1c(Cc2ccc3c(c2)CCN3)cnc2ccc(C#CCc3ccccc3)cc12. The molecular weight excluding hydrogens is 368 g/mol. The molecule has 0 saturated carbocycles. The molecule has 0 fully saturated rings. The quantitative estimate of drug-likeness (QED) is 0.479. The Kier molecular flexibility index (Phi) is 4.83. The topological polar surface area (TPSA) is 45.1 Å². The van der Waals surface area contributed by atoms with Crippen LogP contribution in [-0.2, 0) is 19.3 Å². The summed E-state index contributed by atoms with van der Waals surface area (Å²) < 4.78 is 0. The van der Waals surface area contributed by atoms with Gasteiger partial charge >= 0.3 is 0 Å². The summed E-state index contributed by atoms with van der Waals surface area (Å²) in [6.45, 7) is 0.996. The molecule has 0 radical (unpaired) electrons. The Morgan fingerprint density at radius 3 is 2.77 bits per heavy atom. The molecule has 2 N–H and O–H groups in total. The molecule has 146 valence electrons. The fourth-order valence-corrected chi connectivity index (χ4v) is 3.96. The Labute approximate surface area is 176 Å². The Morgan fingerprint density at radius 1 is 0.967 bits per heavy atom. The molecule has 0 unspecified atom stereocenters. The third-order valence-corrected chi connectivity index (χ3v) is 5.56. The van der Waals surface area contributed by atoms with E-state index in [0.717, 1.165) is 35.0 Å². The van der Waals surface area contributed by atoms with E-state index in [9.17, 15) is 5.11 Å². The third kappa shape index (κ3) is 3.73. The van der Waals surface area contributed by atoms with E-state index in [1.807, 2.05) is 36.4 Å². The van der Waals surface area contributed by atoms with Crippen molar-refractivity contribution < 1.29 is 5.11 Å². The number of anilines is 1. The predicted molar refractivity (Wildman–Crippen MR) is 122 cm³/mol. The molecule has 0 bridgehead atoms. The van der Waals surface area contributed by atoms with Crippen LogP contribution in [0.5, 0.6) is 5.75 Å². The van der Waals surface area contributed by atoms with E-state index in [1.165, 1.54) is 22.4 Å². The first kappa shape index (κ1) is 18.3. The van der Waals surface area contributed by atoms with Gasteiger partial charge in [0.05, 0.1) is 5.52 Å². The van der Waals surface area contributed by atoms with Crippen LogP contribution in [0, 0.1) is 11.8 Å². The number of fused-ring (bicyclic) bond motifs is 2. The van der Waals surface area contributed by atoms with Gasteiger partial charge in [0.25, 0.3) is 0 Å². The van der Waals surface area contributed by atoms with Crippen molar-refractivity contribution in [3.05, 3.63) is 101 Å². The average molecular weight is 390 g/mol. The van der Waals surface area contributed by atoms with Gasteiger partial charge in [0.1, 0.15) is 5.75 Å². The van der Waals surface area contributed by atoms with Crippen molar-refractivity contribution in [2.75, 3.05) is 11.9 Å². The standard InChI is InChI=1S/C27H22N2O/c30-27-23(16-21-10-11-25-22(15-21)13-14-28-25)18-29-26-12-9-20(17-24(26)27)8-4-7-19-5-2-1-3-6-19/h1-3,5-6,9-12,15,17-18,28H,7,13-14,16H2,(H,29,30). The maximum atomic E-state index is 10.9. The lowest BCUT2D eigenvalue weighted by atomic mass is 10.00. The molecule has 3 aromatic carbocycles. The number of aromatic nitrogens is 1. The van der Waals surface area contributed by atoms with E-state index >= 15 is 0 Å². The van der Waals surface area contributed by atoms with Gasteiger partial charge in [0, 0.05) is 47.8 Å². The minimum atomic E-state index is 0.297. The van der Waals surface area contributed by atoms with Crippen LogP contribution < -0.4 is 5.32 Å². The van der Waals surface area contributed by atoms with Gasteiger partial charge in [-0.05, 0) is 47.4 Å². The minimum absolute atomic E-state index is 0.297. The van der Waals surface area contributed by atoms with Gasteiger partial charge in [-0.15, -0.1) is 0 Å². The second kappa shape index (κ2) is 7.93. The number of hydrogen-bond donors (Lipinski definition) is 2. The molecule has 5 rings (SSSR count). The highest BCUT2D eigenvalue weighted by molar-refractivity contribution is 5.87. The first-order valence-electron chi connectivity index (χ1n) is 10.3. The van der Waals surface area contributed by atoms with Gasteiger partial charge < -0.3 is 10.4 Å². The van der Waals surface area contributed by atoms with E-state index in [-0.39, 0.29) is 0 Å². The van der Waals surface area contributed by atoms with Crippen LogP contribution in [0.2, 0.25) is 0 Å². The van der Waals surface area contributed by atoms with E-state index in [4.69, 9.17) is 0 Å². The van der Waals surface area contributed by atoms with Gasteiger partial charge in [0.15, 0.2) is 0 Å². The van der Waals surface area contributed by atoms with Gasteiger partial charge in [-0.2, -0.15) is 0 Å². The van der Waals surface area contributed by atoms with Crippen LogP contribution in [0.3, 0.4) is 0 Å². The molecule has 4 aromatic rings.